The topological polar surface area (TPSA) is 97.1 Å². The molecule has 0 aliphatic rings. The molecule has 0 atom stereocenters. The predicted molar refractivity (Wildman–Crippen MR) is 68.8 cm³/mol. The van der Waals surface area contributed by atoms with Crippen molar-refractivity contribution in [3.8, 4) is 0 Å². The number of nitrogens with zero attached hydrogens (tertiary/aromatic N) is 3. The van der Waals surface area contributed by atoms with E-state index in [0.717, 1.165) is 6.42 Å². The molecule has 0 aliphatic carbocycles. The number of carboxylic acids is 1. The molecule has 2 N–H and O–H groups in total. The molecule has 0 aliphatic heterocycles. The maximum absolute atomic E-state index is 11.6. The first-order valence-electron chi connectivity index (χ1n) is 6.38. The number of aromatic carboxylic acids is 1. The van der Waals surface area contributed by atoms with Gasteiger partial charge in [0.2, 0.25) is 5.91 Å². The van der Waals surface area contributed by atoms with E-state index >= 15 is 0 Å². The van der Waals surface area contributed by atoms with Gasteiger partial charge in [0, 0.05) is 6.54 Å². The second-order valence-corrected chi connectivity index (χ2v) is 4.80. The van der Waals surface area contributed by atoms with Gasteiger partial charge in [-0.25, -0.2) is 9.48 Å². The maximum atomic E-state index is 11.6. The highest BCUT2D eigenvalue weighted by Crippen LogP contribution is 2.11. The van der Waals surface area contributed by atoms with Crippen molar-refractivity contribution in [2.75, 3.05) is 6.54 Å². The quantitative estimate of drug-likeness (QED) is 0.758. The third-order valence-corrected chi connectivity index (χ3v) is 2.51. The molecule has 0 spiro atoms. The molecule has 7 nitrogen and oxygen atoms in total. The van der Waals surface area contributed by atoms with Gasteiger partial charge in [0.1, 0.15) is 6.54 Å². The molecule has 0 saturated carbocycles. The van der Waals surface area contributed by atoms with Gasteiger partial charge >= 0.3 is 5.97 Å². The molecule has 7 heteroatoms. The lowest BCUT2D eigenvalue weighted by atomic mass is 10.1. The van der Waals surface area contributed by atoms with Gasteiger partial charge in [-0.3, -0.25) is 4.79 Å². The van der Waals surface area contributed by atoms with Gasteiger partial charge in [0.05, 0.1) is 5.69 Å². The second kappa shape index (κ2) is 6.86. The molecule has 1 heterocycles. The summed E-state index contributed by atoms with van der Waals surface area (Å²) in [6, 6.07) is 0. The minimum Gasteiger partial charge on any atom is -0.476 e. The molecule has 0 aromatic carbocycles. The zero-order valence-electron chi connectivity index (χ0n) is 11.5. The number of nitrogens with one attached hydrogen (secondary N) is 1. The Balaban J connectivity index is 2.87. The Kier molecular flexibility index (Phi) is 5.47. The Morgan fingerprint density at radius 1 is 1.42 bits per heavy atom. The molecule has 0 fully saturated rings. The lowest BCUT2D eigenvalue weighted by Crippen LogP contribution is -2.29. The molecule has 1 aromatic rings. The fourth-order valence-electron chi connectivity index (χ4n) is 1.67. The van der Waals surface area contributed by atoms with Crippen LogP contribution in [0.4, 0.5) is 0 Å². The normalized spacial score (nSPS) is 10.7. The molecule has 0 unspecified atom stereocenters. The Morgan fingerprint density at radius 3 is 2.63 bits per heavy atom. The first-order valence-corrected chi connectivity index (χ1v) is 6.38. The largest absolute Gasteiger partial charge is 0.476 e. The van der Waals surface area contributed by atoms with E-state index in [-0.39, 0.29) is 24.1 Å². The molecule has 0 bridgehead atoms. The SMILES string of the molecule is CCCNC(=O)Cn1nnc(C(=O)O)c1CC(C)C. The molecule has 0 radical (unpaired) electrons. The average molecular weight is 268 g/mol. The van der Waals surface area contributed by atoms with Crippen LogP contribution in [-0.4, -0.2) is 38.5 Å². The number of carbonyl (C=O) groups is 2. The van der Waals surface area contributed by atoms with Crippen molar-refractivity contribution in [1.82, 2.24) is 20.3 Å². The van der Waals surface area contributed by atoms with Gasteiger partial charge < -0.3 is 10.4 Å². The highest BCUT2D eigenvalue weighted by molar-refractivity contribution is 5.86. The number of carboxylic acid groups (broad SMARTS) is 1. The maximum Gasteiger partial charge on any atom is 0.358 e. The Labute approximate surface area is 112 Å². The zero-order chi connectivity index (χ0) is 14.4. The van der Waals surface area contributed by atoms with Crippen molar-refractivity contribution in [3.05, 3.63) is 11.4 Å². The van der Waals surface area contributed by atoms with Gasteiger partial charge in [-0.05, 0) is 18.8 Å². The van der Waals surface area contributed by atoms with Crippen LogP contribution in [0, 0.1) is 5.92 Å². The van der Waals surface area contributed by atoms with Crippen LogP contribution in [0.3, 0.4) is 0 Å². The molecule has 0 saturated heterocycles. The van der Waals surface area contributed by atoms with Crippen LogP contribution < -0.4 is 5.32 Å². The summed E-state index contributed by atoms with van der Waals surface area (Å²) in [6.07, 6.45) is 1.37. The predicted octanol–water partition coefficient (Wildman–Crippen LogP) is 0.701. The molecule has 1 aromatic heterocycles. The van der Waals surface area contributed by atoms with Crippen LogP contribution in [0.25, 0.3) is 0 Å². The Hall–Kier alpha value is -1.92. The van der Waals surface area contributed by atoms with Crippen LogP contribution in [0.2, 0.25) is 0 Å². The molecular formula is C12H20N4O3. The second-order valence-electron chi connectivity index (χ2n) is 4.80. The van der Waals surface area contributed by atoms with E-state index in [1.165, 1.54) is 4.68 Å². The minimum atomic E-state index is -1.11. The van der Waals surface area contributed by atoms with Crippen LogP contribution >= 0.6 is 0 Å². The number of rotatable bonds is 7. The van der Waals surface area contributed by atoms with Crippen LogP contribution in [0.15, 0.2) is 0 Å². The van der Waals surface area contributed by atoms with E-state index in [1.54, 1.807) is 0 Å². The zero-order valence-corrected chi connectivity index (χ0v) is 11.5. The third-order valence-electron chi connectivity index (χ3n) is 2.51. The summed E-state index contributed by atoms with van der Waals surface area (Å²) in [4.78, 5) is 22.7. The first kappa shape index (κ1) is 15.1. The van der Waals surface area contributed by atoms with E-state index in [0.29, 0.717) is 18.7 Å². The molecule has 1 rings (SSSR count). The monoisotopic (exact) mass is 268 g/mol. The Bertz CT molecular complexity index is 454. The van der Waals surface area contributed by atoms with Crippen molar-refractivity contribution in [2.45, 2.75) is 40.2 Å². The van der Waals surface area contributed by atoms with E-state index in [1.807, 2.05) is 20.8 Å². The third kappa shape index (κ3) is 4.35. The minimum absolute atomic E-state index is 0.00231. The standard InChI is InChI=1S/C12H20N4O3/c1-4-5-13-10(17)7-16-9(6-8(2)3)11(12(18)19)14-15-16/h8H,4-7H2,1-3H3,(H,13,17)(H,18,19). The summed E-state index contributed by atoms with van der Waals surface area (Å²) in [7, 11) is 0. The first-order chi connectivity index (χ1) is 8.95. The van der Waals surface area contributed by atoms with Gasteiger partial charge in [-0.2, -0.15) is 0 Å². The van der Waals surface area contributed by atoms with Crippen molar-refractivity contribution in [2.24, 2.45) is 5.92 Å². The van der Waals surface area contributed by atoms with Gasteiger partial charge in [-0.15, -0.1) is 5.10 Å². The number of hydrogen-bond acceptors (Lipinski definition) is 4. The number of carbonyl (C=O) groups excluding carboxylic acids is 1. The van der Waals surface area contributed by atoms with Crippen molar-refractivity contribution >= 4 is 11.9 Å². The van der Waals surface area contributed by atoms with Crippen LogP contribution in [0.1, 0.15) is 43.4 Å². The van der Waals surface area contributed by atoms with Gasteiger partial charge in [-0.1, -0.05) is 26.0 Å². The number of hydrogen-bond donors (Lipinski definition) is 2. The van der Waals surface area contributed by atoms with Crippen molar-refractivity contribution < 1.29 is 14.7 Å². The summed E-state index contributed by atoms with van der Waals surface area (Å²) in [5, 5.41) is 19.2. The lowest BCUT2D eigenvalue weighted by molar-refractivity contribution is -0.121. The Morgan fingerprint density at radius 2 is 2.11 bits per heavy atom. The average Bonchev–Trinajstić information content (AvgIpc) is 2.69. The molecule has 1 amide bonds. The summed E-state index contributed by atoms with van der Waals surface area (Å²) < 4.78 is 1.37. The van der Waals surface area contributed by atoms with E-state index in [2.05, 4.69) is 15.6 Å². The van der Waals surface area contributed by atoms with E-state index in [4.69, 9.17) is 5.11 Å². The molecule has 19 heavy (non-hydrogen) atoms. The van der Waals surface area contributed by atoms with E-state index in [9.17, 15) is 9.59 Å². The van der Waals surface area contributed by atoms with Crippen molar-refractivity contribution in [3.63, 3.8) is 0 Å². The van der Waals surface area contributed by atoms with Crippen LogP contribution in [0.5, 0.6) is 0 Å². The van der Waals surface area contributed by atoms with E-state index < -0.39 is 5.97 Å². The fourth-order valence-corrected chi connectivity index (χ4v) is 1.67. The van der Waals surface area contributed by atoms with Gasteiger partial charge in [0.25, 0.3) is 0 Å². The molecule has 106 valence electrons. The van der Waals surface area contributed by atoms with Crippen molar-refractivity contribution in [1.29, 1.82) is 0 Å². The summed E-state index contributed by atoms with van der Waals surface area (Å²) in [5.41, 5.74) is 0.422. The number of aromatic nitrogens is 3. The summed E-state index contributed by atoms with van der Waals surface area (Å²) in [6.45, 7) is 6.50. The lowest BCUT2D eigenvalue weighted by Gasteiger charge is -2.09. The summed E-state index contributed by atoms with van der Waals surface area (Å²) in [5.74, 6) is -1.04. The number of amides is 1. The van der Waals surface area contributed by atoms with Gasteiger partial charge in [0.15, 0.2) is 5.69 Å². The highest BCUT2D eigenvalue weighted by Gasteiger charge is 2.20. The highest BCUT2D eigenvalue weighted by atomic mass is 16.4. The smallest absolute Gasteiger partial charge is 0.358 e. The van der Waals surface area contributed by atoms with Crippen LogP contribution in [-0.2, 0) is 17.8 Å². The molecular weight excluding hydrogens is 248 g/mol. The summed E-state index contributed by atoms with van der Waals surface area (Å²) >= 11 is 0. The fraction of sp³-hybridized carbons (Fsp3) is 0.667.